The lowest BCUT2D eigenvalue weighted by Crippen LogP contribution is -2.37. The van der Waals surface area contributed by atoms with E-state index in [1.807, 2.05) is 6.07 Å². The van der Waals surface area contributed by atoms with E-state index in [9.17, 15) is 13.6 Å². The van der Waals surface area contributed by atoms with Crippen LogP contribution in [0.4, 0.5) is 19.4 Å². The first-order valence-corrected chi connectivity index (χ1v) is 7.64. The number of amides is 2. The van der Waals surface area contributed by atoms with Gasteiger partial charge >= 0.3 is 6.03 Å². The number of H-pyrrole nitrogens is 1. The second kappa shape index (κ2) is 8.10. The summed E-state index contributed by atoms with van der Waals surface area (Å²) in [6, 6.07) is 4.54. The van der Waals surface area contributed by atoms with Gasteiger partial charge in [-0.05, 0) is 37.5 Å². The molecule has 25 heavy (non-hydrogen) atoms. The summed E-state index contributed by atoms with van der Waals surface area (Å²) in [5.74, 6) is -1.74. The number of nitriles is 1. The van der Waals surface area contributed by atoms with Crippen molar-refractivity contribution in [2.75, 3.05) is 12.3 Å². The zero-order valence-corrected chi connectivity index (χ0v) is 13.6. The standard InChI is InChI=1S/C16H18F2N6O/c1-9(10-4-5-12(17)13(18)7-10)22-16(25)21-6-2-3-14-11(8-19)15(20)24-23-14/h4-5,7,9H,2-3,6H2,1H3,(H3,20,23,24)(H2,21,22,25)/t9-/m1/s1. The van der Waals surface area contributed by atoms with E-state index >= 15 is 0 Å². The molecule has 7 nitrogen and oxygen atoms in total. The summed E-state index contributed by atoms with van der Waals surface area (Å²) >= 11 is 0. The average Bonchev–Trinajstić information content (AvgIpc) is 2.93. The SMILES string of the molecule is C[C@@H](NC(=O)NCCCc1[nH]nc(N)c1C#N)c1ccc(F)c(F)c1. The highest BCUT2D eigenvalue weighted by atomic mass is 19.2. The van der Waals surface area contributed by atoms with E-state index < -0.39 is 23.7 Å². The van der Waals surface area contributed by atoms with Crippen LogP contribution in [0.3, 0.4) is 0 Å². The molecule has 0 unspecified atom stereocenters. The summed E-state index contributed by atoms with van der Waals surface area (Å²) in [4.78, 5) is 11.8. The average molecular weight is 348 g/mol. The Labute approximate surface area is 143 Å². The maximum Gasteiger partial charge on any atom is 0.315 e. The molecule has 1 heterocycles. The third-order valence-corrected chi connectivity index (χ3v) is 3.66. The molecule has 1 atom stereocenters. The number of aromatic nitrogens is 2. The van der Waals surface area contributed by atoms with E-state index in [1.54, 1.807) is 6.92 Å². The molecule has 0 radical (unpaired) electrons. The van der Waals surface area contributed by atoms with Crippen LogP contribution >= 0.6 is 0 Å². The van der Waals surface area contributed by atoms with Crippen molar-refractivity contribution in [2.24, 2.45) is 0 Å². The highest BCUT2D eigenvalue weighted by molar-refractivity contribution is 5.74. The topological polar surface area (TPSA) is 120 Å². The van der Waals surface area contributed by atoms with Crippen molar-refractivity contribution in [2.45, 2.75) is 25.8 Å². The number of urea groups is 1. The van der Waals surface area contributed by atoms with Crippen LogP contribution in [0, 0.1) is 23.0 Å². The third kappa shape index (κ3) is 4.67. The molecule has 0 aliphatic carbocycles. The maximum absolute atomic E-state index is 13.2. The Morgan fingerprint density at radius 1 is 1.44 bits per heavy atom. The Bertz CT molecular complexity index is 798. The van der Waals surface area contributed by atoms with Crippen LogP contribution in [-0.2, 0) is 6.42 Å². The van der Waals surface area contributed by atoms with Gasteiger partial charge in [0.2, 0.25) is 0 Å². The minimum atomic E-state index is -0.960. The zero-order valence-electron chi connectivity index (χ0n) is 13.6. The Kier molecular flexibility index (Phi) is 5.89. The highest BCUT2D eigenvalue weighted by Crippen LogP contribution is 2.16. The summed E-state index contributed by atoms with van der Waals surface area (Å²) < 4.78 is 26.1. The fraction of sp³-hybridized carbons (Fsp3) is 0.312. The lowest BCUT2D eigenvalue weighted by atomic mass is 10.1. The van der Waals surface area contributed by atoms with Crippen molar-refractivity contribution in [3.63, 3.8) is 0 Å². The van der Waals surface area contributed by atoms with E-state index in [0.717, 1.165) is 12.1 Å². The van der Waals surface area contributed by atoms with E-state index in [-0.39, 0.29) is 5.82 Å². The van der Waals surface area contributed by atoms with Gasteiger partial charge in [0.25, 0.3) is 0 Å². The number of halogens is 2. The number of benzene rings is 1. The number of carbonyl (C=O) groups is 1. The molecule has 5 N–H and O–H groups in total. The van der Waals surface area contributed by atoms with Gasteiger partial charge in [0.15, 0.2) is 17.5 Å². The molecular formula is C16H18F2N6O. The second-order valence-electron chi connectivity index (χ2n) is 5.47. The van der Waals surface area contributed by atoms with Crippen molar-refractivity contribution in [1.29, 1.82) is 5.26 Å². The number of aryl methyl sites for hydroxylation is 1. The lowest BCUT2D eigenvalue weighted by molar-refractivity contribution is 0.237. The molecule has 2 rings (SSSR count). The summed E-state index contributed by atoms with van der Waals surface area (Å²) in [5.41, 5.74) is 6.94. The summed E-state index contributed by atoms with van der Waals surface area (Å²) in [6.45, 7) is 2.03. The molecule has 0 fully saturated rings. The van der Waals surface area contributed by atoms with E-state index in [2.05, 4.69) is 20.8 Å². The van der Waals surface area contributed by atoms with Gasteiger partial charge in [-0.1, -0.05) is 6.07 Å². The molecule has 2 aromatic rings. The molecule has 0 saturated heterocycles. The van der Waals surface area contributed by atoms with Crippen LogP contribution in [-0.4, -0.2) is 22.8 Å². The highest BCUT2D eigenvalue weighted by Gasteiger charge is 2.12. The Morgan fingerprint density at radius 2 is 2.20 bits per heavy atom. The maximum atomic E-state index is 13.2. The van der Waals surface area contributed by atoms with Crippen molar-refractivity contribution in [1.82, 2.24) is 20.8 Å². The van der Waals surface area contributed by atoms with Crippen LogP contribution in [0.2, 0.25) is 0 Å². The number of hydrogen-bond acceptors (Lipinski definition) is 4. The molecule has 0 spiro atoms. The van der Waals surface area contributed by atoms with Crippen LogP contribution in [0.15, 0.2) is 18.2 Å². The third-order valence-electron chi connectivity index (χ3n) is 3.66. The monoisotopic (exact) mass is 348 g/mol. The Balaban J connectivity index is 1.77. The van der Waals surface area contributed by atoms with Gasteiger partial charge < -0.3 is 16.4 Å². The van der Waals surface area contributed by atoms with Crippen LogP contribution < -0.4 is 16.4 Å². The number of nitrogens with one attached hydrogen (secondary N) is 3. The summed E-state index contributed by atoms with van der Waals surface area (Å²) in [5, 5.41) is 20.7. The van der Waals surface area contributed by atoms with Gasteiger partial charge in [-0.25, -0.2) is 13.6 Å². The van der Waals surface area contributed by atoms with Gasteiger partial charge in [-0.3, -0.25) is 5.10 Å². The number of anilines is 1. The van der Waals surface area contributed by atoms with Crippen molar-refractivity contribution in [3.8, 4) is 6.07 Å². The zero-order chi connectivity index (χ0) is 18.4. The van der Waals surface area contributed by atoms with Gasteiger partial charge in [0.1, 0.15) is 11.6 Å². The quantitative estimate of drug-likeness (QED) is 0.598. The molecule has 0 aliphatic rings. The Morgan fingerprint density at radius 3 is 2.88 bits per heavy atom. The lowest BCUT2D eigenvalue weighted by Gasteiger charge is -2.15. The first-order chi connectivity index (χ1) is 11.9. The number of nitrogen functional groups attached to an aromatic ring is 1. The number of rotatable bonds is 6. The van der Waals surface area contributed by atoms with Gasteiger partial charge in [-0.15, -0.1) is 0 Å². The van der Waals surface area contributed by atoms with Crippen LogP contribution in [0.25, 0.3) is 0 Å². The van der Waals surface area contributed by atoms with Crippen molar-refractivity contribution < 1.29 is 13.6 Å². The molecular weight excluding hydrogens is 330 g/mol. The normalized spacial score (nSPS) is 11.6. The van der Waals surface area contributed by atoms with E-state index in [4.69, 9.17) is 11.0 Å². The molecule has 0 bridgehead atoms. The number of hydrogen-bond donors (Lipinski definition) is 4. The number of nitrogens with zero attached hydrogens (tertiary/aromatic N) is 2. The molecule has 0 saturated carbocycles. The van der Waals surface area contributed by atoms with Gasteiger partial charge in [0.05, 0.1) is 11.7 Å². The molecule has 2 amide bonds. The molecule has 1 aromatic heterocycles. The summed E-state index contributed by atoms with van der Waals surface area (Å²) in [7, 11) is 0. The fourth-order valence-corrected chi connectivity index (χ4v) is 2.28. The molecule has 9 heteroatoms. The number of carbonyl (C=O) groups excluding carboxylic acids is 1. The van der Waals surface area contributed by atoms with Crippen LogP contribution in [0.1, 0.15) is 36.2 Å². The second-order valence-corrected chi connectivity index (χ2v) is 5.47. The molecule has 132 valence electrons. The van der Waals surface area contributed by atoms with Crippen molar-refractivity contribution in [3.05, 3.63) is 46.7 Å². The molecule has 0 aliphatic heterocycles. The van der Waals surface area contributed by atoms with Crippen molar-refractivity contribution >= 4 is 11.8 Å². The predicted molar refractivity (Wildman–Crippen MR) is 87.3 cm³/mol. The Hall–Kier alpha value is -3.15. The minimum Gasteiger partial charge on any atom is -0.381 e. The predicted octanol–water partition coefficient (Wildman–Crippen LogP) is 2.13. The number of aromatic amines is 1. The smallest absolute Gasteiger partial charge is 0.315 e. The first kappa shape index (κ1) is 18.2. The minimum absolute atomic E-state index is 0.156. The van der Waals surface area contributed by atoms with Gasteiger partial charge in [-0.2, -0.15) is 10.4 Å². The molecule has 1 aromatic carbocycles. The largest absolute Gasteiger partial charge is 0.381 e. The van der Waals surface area contributed by atoms with E-state index in [1.165, 1.54) is 6.07 Å². The van der Waals surface area contributed by atoms with Crippen LogP contribution in [0.5, 0.6) is 0 Å². The fourth-order valence-electron chi connectivity index (χ4n) is 2.28. The summed E-state index contributed by atoms with van der Waals surface area (Å²) in [6.07, 6.45) is 1.08. The van der Waals surface area contributed by atoms with E-state index in [0.29, 0.717) is 36.2 Å². The van der Waals surface area contributed by atoms with Gasteiger partial charge in [0, 0.05) is 6.54 Å². The first-order valence-electron chi connectivity index (χ1n) is 7.64. The number of nitrogens with two attached hydrogens (primary N) is 1.